The van der Waals surface area contributed by atoms with Crippen LogP contribution in [0.1, 0.15) is 11.3 Å². The van der Waals surface area contributed by atoms with E-state index in [-0.39, 0.29) is 0 Å². The van der Waals surface area contributed by atoms with Gasteiger partial charge in [-0.1, -0.05) is 31.4 Å². The molecule has 1 rings (SSSR count). The Hall–Kier alpha value is -0.840. The largest absolute Gasteiger partial charge is 0.277 e. The molecule has 0 saturated carbocycles. The van der Waals surface area contributed by atoms with Crippen LogP contribution in [0.25, 0.3) is 12.2 Å². The highest BCUT2D eigenvalue weighted by molar-refractivity contribution is 14.1. The van der Waals surface area contributed by atoms with E-state index in [0.29, 0.717) is 0 Å². The lowest BCUT2D eigenvalue weighted by atomic mass is 10.2. The van der Waals surface area contributed by atoms with Crippen LogP contribution >= 0.6 is 22.6 Å². The molecule has 1 heterocycles. The van der Waals surface area contributed by atoms with Crippen molar-refractivity contribution in [2.45, 2.75) is 0 Å². The van der Waals surface area contributed by atoms with Gasteiger partial charge in [0.1, 0.15) is 3.70 Å². The van der Waals surface area contributed by atoms with Crippen molar-refractivity contribution in [1.29, 1.82) is 0 Å². The van der Waals surface area contributed by atoms with Crippen molar-refractivity contribution in [3.63, 3.8) is 0 Å². The van der Waals surface area contributed by atoms with Gasteiger partial charge < -0.3 is 0 Å². The molecule has 0 atom stereocenters. The van der Waals surface area contributed by atoms with Crippen LogP contribution in [0.5, 0.6) is 0 Å². The Morgan fingerprint density at radius 1 is 1.42 bits per heavy atom. The second kappa shape index (κ2) is 4.25. The van der Waals surface area contributed by atoms with Crippen LogP contribution in [0.2, 0.25) is 0 Å². The predicted molar refractivity (Wildman–Crippen MR) is 60.6 cm³/mol. The Bertz CT molecular complexity index is 323. The zero-order chi connectivity index (χ0) is 8.97. The minimum atomic E-state index is 0.942. The number of halogens is 1. The minimum absolute atomic E-state index is 0.942. The molecule has 1 N–H and O–H groups in total. The molecular weight excluding hydrogens is 263 g/mol. The van der Waals surface area contributed by atoms with Gasteiger partial charge in [0.15, 0.2) is 0 Å². The summed E-state index contributed by atoms with van der Waals surface area (Å²) in [5.74, 6) is 0. The highest BCUT2D eigenvalue weighted by Gasteiger charge is 2.03. The van der Waals surface area contributed by atoms with E-state index in [2.05, 4.69) is 45.9 Å². The van der Waals surface area contributed by atoms with Gasteiger partial charge in [-0.2, -0.15) is 5.10 Å². The third kappa shape index (κ3) is 1.85. The van der Waals surface area contributed by atoms with Crippen molar-refractivity contribution >= 4 is 34.7 Å². The first-order valence-corrected chi connectivity index (χ1v) is 4.53. The van der Waals surface area contributed by atoms with E-state index in [1.165, 1.54) is 0 Å². The van der Waals surface area contributed by atoms with Gasteiger partial charge in [0.05, 0.1) is 5.69 Å². The summed E-state index contributed by atoms with van der Waals surface area (Å²) < 4.78 is 0.945. The fourth-order valence-electron chi connectivity index (χ4n) is 0.819. The second-order valence-electron chi connectivity index (χ2n) is 2.14. The zero-order valence-electron chi connectivity index (χ0n) is 6.55. The first-order valence-electron chi connectivity index (χ1n) is 3.45. The van der Waals surface area contributed by atoms with Crippen molar-refractivity contribution in [2.75, 3.05) is 0 Å². The van der Waals surface area contributed by atoms with Crippen LogP contribution in [-0.4, -0.2) is 10.2 Å². The maximum Gasteiger partial charge on any atom is 0.130 e. The summed E-state index contributed by atoms with van der Waals surface area (Å²) >= 11 is 2.17. The topological polar surface area (TPSA) is 28.7 Å². The number of H-pyrrole nitrogens is 1. The number of rotatable bonds is 3. The molecule has 0 amide bonds. The standard InChI is InChI=1S/C9H9IN2/c1-3-5-6-7-8(4-2)11-12-9(7)10/h3-6H,1-2H2,(H,11,12)/b6-5-. The van der Waals surface area contributed by atoms with Crippen LogP contribution < -0.4 is 0 Å². The lowest BCUT2D eigenvalue weighted by molar-refractivity contribution is 1.06. The molecule has 1 aromatic heterocycles. The molecule has 0 fully saturated rings. The summed E-state index contributed by atoms with van der Waals surface area (Å²) in [4.78, 5) is 0. The zero-order valence-corrected chi connectivity index (χ0v) is 8.71. The van der Waals surface area contributed by atoms with Crippen LogP contribution in [0.4, 0.5) is 0 Å². The van der Waals surface area contributed by atoms with Gasteiger partial charge >= 0.3 is 0 Å². The predicted octanol–water partition coefficient (Wildman–Crippen LogP) is 2.86. The van der Waals surface area contributed by atoms with E-state index in [1.807, 2.05) is 12.2 Å². The molecule has 0 aliphatic heterocycles. The molecule has 0 aliphatic rings. The molecule has 1 aromatic rings. The summed E-state index contributed by atoms with van der Waals surface area (Å²) in [6.07, 6.45) is 7.31. The number of nitrogens with zero attached hydrogens (tertiary/aromatic N) is 1. The molecule has 0 saturated heterocycles. The first kappa shape index (κ1) is 9.25. The monoisotopic (exact) mass is 272 g/mol. The first-order chi connectivity index (χ1) is 5.79. The Kier molecular flexibility index (Phi) is 3.28. The summed E-state index contributed by atoms with van der Waals surface area (Å²) in [5, 5.41) is 6.92. The Labute approximate surface area is 85.2 Å². The molecule has 12 heavy (non-hydrogen) atoms. The maximum atomic E-state index is 4.05. The van der Waals surface area contributed by atoms with E-state index in [1.54, 1.807) is 12.2 Å². The molecule has 62 valence electrons. The van der Waals surface area contributed by atoms with Gasteiger partial charge in [-0.3, -0.25) is 5.10 Å². The van der Waals surface area contributed by atoms with Gasteiger partial charge in [0, 0.05) is 5.56 Å². The fourth-order valence-corrected chi connectivity index (χ4v) is 1.41. The van der Waals surface area contributed by atoms with Gasteiger partial charge in [-0.15, -0.1) is 0 Å². The molecular formula is C9H9IN2. The number of nitrogens with one attached hydrogen (secondary N) is 1. The third-order valence-corrected chi connectivity index (χ3v) is 2.21. The van der Waals surface area contributed by atoms with Crippen molar-refractivity contribution in [2.24, 2.45) is 0 Å². The van der Waals surface area contributed by atoms with Gasteiger partial charge in [0.2, 0.25) is 0 Å². The summed E-state index contributed by atoms with van der Waals surface area (Å²) in [7, 11) is 0. The highest BCUT2D eigenvalue weighted by Crippen LogP contribution is 2.16. The quantitative estimate of drug-likeness (QED) is 0.665. The van der Waals surface area contributed by atoms with Crippen molar-refractivity contribution in [1.82, 2.24) is 10.2 Å². The molecule has 0 spiro atoms. The van der Waals surface area contributed by atoms with Crippen molar-refractivity contribution in [3.8, 4) is 0 Å². The van der Waals surface area contributed by atoms with Gasteiger partial charge in [-0.05, 0) is 28.7 Å². The number of allylic oxidation sites excluding steroid dienone is 2. The maximum absolute atomic E-state index is 4.05. The van der Waals surface area contributed by atoms with Crippen LogP contribution in [0, 0.1) is 3.70 Å². The normalized spacial score (nSPS) is 10.4. The smallest absolute Gasteiger partial charge is 0.130 e. The molecule has 2 nitrogen and oxygen atoms in total. The summed E-state index contributed by atoms with van der Waals surface area (Å²) in [5.41, 5.74) is 2.00. The Morgan fingerprint density at radius 3 is 2.75 bits per heavy atom. The average Bonchev–Trinajstić information content (AvgIpc) is 2.43. The molecule has 0 bridgehead atoms. The molecule has 0 aromatic carbocycles. The lowest BCUT2D eigenvalue weighted by Crippen LogP contribution is -1.75. The van der Waals surface area contributed by atoms with Gasteiger partial charge in [-0.25, -0.2) is 0 Å². The van der Waals surface area contributed by atoms with Crippen molar-refractivity contribution < 1.29 is 0 Å². The van der Waals surface area contributed by atoms with Crippen LogP contribution in [0.3, 0.4) is 0 Å². The molecule has 0 aliphatic carbocycles. The lowest BCUT2D eigenvalue weighted by Gasteiger charge is -1.88. The molecule has 3 heteroatoms. The van der Waals surface area contributed by atoms with E-state index < -0.39 is 0 Å². The number of hydrogen-bond acceptors (Lipinski definition) is 1. The Balaban J connectivity index is 3.09. The molecule has 0 radical (unpaired) electrons. The third-order valence-electron chi connectivity index (χ3n) is 1.39. The Morgan fingerprint density at radius 2 is 2.17 bits per heavy atom. The van der Waals surface area contributed by atoms with E-state index in [4.69, 9.17) is 0 Å². The number of aromatic amines is 1. The van der Waals surface area contributed by atoms with Crippen LogP contribution in [0.15, 0.2) is 25.3 Å². The van der Waals surface area contributed by atoms with Gasteiger partial charge in [0.25, 0.3) is 0 Å². The minimum Gasteiger partial charge on any atom is -0.277 e. The van der Waals surface area contributed by atoms with E-state index in [0.717, 1.165) is 15.0 Å². The summed E-state index contributed by atoms with van der Waals surface area (Å²) in [6.45, 7) is 7.28. The SMILES string of the molecule is C=C/C=C\c1c(I)n[nH]c1C=C. The number of hydrogen-bond donors (Lipinski definition) is 1. The number of aromatic nitrogens is 2. The van der Waals surface area contributed by atoms with Crippen LogP contribution in [-0.2, 0) is 0 Å². The average molecular weight is 272 g/mol. The van der Waals surface area contributed by atoms with E-state index >= 15 is 0 Å². The highest BCUT2D eigenvalue weighted by atomic mass is 127. The van der Waals surface area contributed by atoms with Crippen molar-refractivity contribution in [3.05, 3.63) is 40.3 Å². The van der Waals surface area contributed by atoms with E-state index in [9.17, 15) is 0 Å². The fraction of sp³-hybridized carbons (Fsp3) is 0. The second-order valence-corrected chi connectivity index (χ2v) is 3.16. The summed E-state index contributed by atoms with van der Waals surface area (Å²) in [6, 6.07) is 0. The molecule has 0 unspecified atom stereocenters.